The van der Waals surface area contributed by atoms with Gasteiger partial charge in [-0.15, -0.1) is 31.7 Å². The lowest BCUT2D eigenvalue weighted by Crippen LogP contribution is -2.40. The molecule has 736 valence electrons. The summed E-state index contributed by atoms with van der Waals surface area (Å²) >= 11 is 4.86. The number of H-pyrrole nitrogens is 2. The van der Waals surface area contributed by atoms with Crippen molar-refractivity contribution in [3.8, 4) is 0 Å². The summed E-state index contributed by atoms with van der Waals surface area (Å²) in [5.74, 6) is 11.2. The number of oxazole rings is 1. The van der Waals surface area contributed by atoms with Crippen molar-refractivity contribution in [3.63, 3.8) is 0 Å². The number of carbonyl (C=O) groups is 1. The first kappa shape index (κ1) is 116. The van der Waals surface area contributed by atoms with E-state index in [9.17, 15) is 18.0 Å². The van der Waals surface area contributed by atoms with Gasteiger partial charge in [0.15, 0.2) is 11.6 Å². The molecule has 2 saturated heterocycles. The van der Waals surface area contributed by atoms with Gasteiger partial charge < -0.3 is 27.9 Å². The fourth-order valence-electron chi connectivity index (χ4n) is 11.0. The van der Waals surface area contributed by atoms with E-state index in [0.29, 0.717) is 121 Å². The Morgan fingerprint density at radius 2 is 1.12 bits per heavy atom. The molecule has 27 nitrogen and oxygen atoms in total. The molecule has 13 aromatic heterocycles. The molecule has 0 atom stereocenters. The van der Waals surface area contributed by atoms with Gasteiger partial charge in [0.1, 0.15) is 33.1 Å². The second kappa shape index (κ2) is 60.2. The van der Waals surface area contributed by atoms with Crippen molar-refractivity contribution in [2.45, 2.75) is 322 Å². The van der Waals surface area contributed by atoms with E-state index in [-0.39, 0.29) is 11.8 Å². The van der Waals surface area contributed by atoms with Crippen molar-refractivity contribution in [2.75, 3.05) is 39.5 Å². The number of ether oxygens (including phenoxy) is 2. The third kappa shape index (κ3) is 45.3. The maximum absolute atomic E-state index is 12.0. The second-order valence-corrected chi connectivity index (χ2v) is 40.0. The number of imidazole rings is 1. The summed E-state index contributed by atoms with van der Waals surface area (Å²) in [6.07, 6.45) is 15.0. The van der Waals surface area contributed by atoms with Crippen molar-refractivity contribution in [2.24, 2.45) is 14.1 Å². The highest BCUT2D eigenvalue weighted by Crippen LogP contribution is 2.38. The van der Waals surface area contributed by atoms with E-state index in [2.05, 4.69) is 292 Å². The zero-order valence-electron chi connectivity index (χ0n) is 85.8. The Morgan fingerprint density at radius 1 is 0.493 bits per heavy atom. The van der Waals surface area contributed by atoms with E-state index < -0.39 is 11.9 Å². The Kier molecular flexibility index (Phi) is 52.1. The van der Waals surface area contributed by atoms with Crippen molar-refractivity contribution in [3.05, 3.63) is 251 Å². The number of halogens is 3. The number of morpholine rings is 1. The zero-order valence-corrected chi connectivity index (χ0v) is 88.2. The molecule has 3 aliphatic rings. The molecule has 15 heterocycles. The van der Waals surface area contributed by atoms with E-state index in [1.54, 1.807) is 56.4 Å². The second-order valence-electron chi connectivity index (χ2n) is 37.0. The van der Waals surface area contributed by atoms with Gasteiger partial charge in [0.25, 0.3) is 5.91 Å². The fraction of sp³-hybridized carbons (Fsp3) is 0.564. The van der Waals surface area contributed by atoms with Crippen LogP contribution in [0.2, 0.25) is 0 Å². The first-order valence-corrected chi connectivity index (χ1v) is 48.9. The lowest BCUT2D eigenvalue weighted by atomic mass is 10.0. The van der Waals surface area contributed by atoms with Crippen molar-refractivity contribution >= 4 is 40.3 Å². The summed E-state index contributed by atoms with van der Waals surface area (Å²) in [6, 6.07) is 22.7. The van der Waals surface area contributed by atoms with E-state index in [0.717, 1.165) is 86.7 Å². The number of pyridine rings is 2. The number of nitrogens with one attached hydrogen (secondary N) is 2. The van der Waals surface area contributed by atoms with Gasteiger partial charge in [-0.3, -0.25) is 29.6 Å². The molecule has 1 amide bonds. The highest BCUT2D eigenvalue weighted by molar-refractivity contribution is 7.11. The first-order chi connectivity index (χ1) is 63.1. The summed E-state index contributed by atoms with van der Waals surface area (Å²) in [5.41, 5.74) is 12.9. The molecule has 13 aromatic rings. The molecule has 2 N–H and O–H groups in total. The first-order valence-electron chi connectivity index (χ1n) is 46.6. The number of hydrogen-bond donors (Lipinski definition) is 2. The van der Waals surface area contributed by atoms with Crippen LogP contribution < -0.4 is 0 Å². The van der Waals surface area contributed by atoms with Crippen LogP contribution in [0, 0.1) is 34.6 Å². The summed E-state index contributed by atoms with van der Waals surface area (Å²) in [7, 11) is 3.86. The Morgan fingerprint density at radius 3 is 1.46 bits per heavy atom. The fourth-order valence-corrected chi connectivity index (χ4v) is 13.1. The SMILES string of the molecule is CC(C)c1cc(C(=O)N2CCOCC2)n[nH]1.CC(C)c1cc(C2COC2)[nH]n1.CC(C)c1ccc(C(F)(F)F)nn1.CC(C)c1cccnc1.CC(C)c1ccnc(C2CC2)n1.CC(C)c1ccncc1.CC(C)c1cn(C)cn1.CC(C)c1cn(C)nn1.Cc1cc(C(C)C)no1.Cc1cc(C(C)C)ns1.Cc1cc(C(C)C)sn1.Cc1cnc(C(C)C)o1.Cc1nnc(C(C)C)s1. The molecule has 0 radical (unpaired) electrons. The molecule has 1 saturated carbocycles. The quantitative estimate of drug-likeness (QED) is 0.0907. The highest BCUT2D eigenvalue weighted by atomic mass is 32.1. The van der Waals surface area contributed by atoms with Gasteiger partial charge in [0.2, 0.25) is 0 Å². The molecule has 2 aliphatic heterocycles. The van der Waals surface area contributed by atoms with Gasteiger partial charge in [0, 0.05) is 127 Å². The Bertz CT molecular complexity index is 4760. The van der Waals surface area contributed by atoms with Gasteiger partial charge in [-0.1, -0.05) is 196 Å². The smallest absolute Gasteiger partial charge is 0.435 e. The number of aryl methyl sites for hydroxylation is 7. The van der Waals surface area contributed by atoms with Crippen LogP contribution in [-0.2, 0) is 29.7 Å². The molecule has 1 aliphatic carbocycles. The average molecular weight is 1910 g/mol. The Labute approximate surface area is 808 Å². The number of aromatic nitrogens is 21. The molecular weight excluding hydrogens is 1750 g/mol. The summed E-state index contributed by atoms with van der Waals surface area (Å²) in [4.78, 5) is 41.4. The number of alkyl halides is 3. The van der Waals surface area contributed by atoms with E-state index in [1.807, 2.05) is 140 Å². The van der Waals surface area contributed by atoms with E-state index in [1.165, 1.54) is 56.9 Å². The van der Waals surface area contributed by atoms with E-state index in [4.69, 9.17) is 18.4 Å². The van der Waals surface area contributed by atoms with Crippen LogP contribution in [0.25, 0.3) is 0 Å². The van der Waals surface area contributed by atoms with Crippen LogP contribution in [0.4, 0.5) is 13.2 Å². The van der Waals surface area contributed by atoms with Crippen molar-refractivity contribution in [1.82, 2.24) is 109 Å². The molecule has 0 unspecified atom stereocenters. The molecule has 134 heavy (non-hydrogen) atoms. The van der Waals surface area contributed by atoms with Crippen LogP contribution in [0.3, 0.4) is 0 Å². The number of rotatable bonds is 16. The molecule has 33 heteroatoms. The standard InChI is InChI=1S/C11H17N3O2.C10H14N2.C9H14N2O.C8H9F3N2.2C8H11N.C7H12N2.2C7H11NO.2C7H11NS.C6H11N3.C6H10N2S/c1-8(2)9-7-10(13-12-9)11(15)14-3-5-16-6-4-14;1-7(2)9-5-6-11-10(12-9)8-3-4-8;1-6(2)8-3-9(11-10-8)7-4-12-5-7;1-5(2)6-3-4-7(13-12-6)8(9,10)11;1-7(2)8-3-5-9-6-4-8;1-7(2)8-4-3-5-9-6-8;1-6(2)7-4-9(3)5-8-7;1-5(2)7-8-4-6(3)9-7;2*1-5(2)7-4-6(3)9-8-7;1-5(2)7-4-6(3)8-9-7;1-5(2)6-4-9(3)8-7-6;1-4(2)6-8-7-5(3)9-6/h7-8H,3-6H2,1-2H3,(H,12,13);5-8H,3-4H2,1-2H3;3,6-7H,4-5H2,1-2H3,(H,10,11);3-5H,1-2H3;2*3-7H,1-2H3;4-6H,1-3H3;5*4-5H,1-3H3;4H,1-3H3. The summed E-state index contributed by atoms with van der Waals surface area (Å²) in [5, 5.41) is 42.5. The number of hydrogen-bond acceptors (Lipinski definition) is 25. The lowest BCUT2D eigenvalue weighted by molar-refractivity contribution is -0.141. The minimum atomic E-state index is -4.40. The third-order valence-electron chi connectivity index (χ3n) is 19.9. The summed E-state index contributed by atoms with van der Waals surface area (Å²) < 4.78 is 68.6. The van der Waals surface area contributed by atoms with Crippen LogP contribution in [-0.4, -0.2) is 154 Å². The van der Waals surface area contributed by atoms with Crippen molar-refractivity contribution < 1.29 is 36.4 Å². The highest BCUT2D eigenvalue weighted by Gasteiger charge is 2.33. The largest absolute Gasteiger partial charge is 0.446 e. The monoisotopic (exact) mass is 1910 g/mol. The lowest BCUT2D eigenvalue weighted by Gasteiger charge is -2.25. The molecule has 3 fully saturated rings. The Hall–Kier alpha value is -10.3. The third-order valence-corrected chi connectivity index (χ3v) is 23.0. The average Bonchev–Trinajstić information content (AvgIpc) is 1.73. The topological polar surface area (TPSA) is 326 Å². The number of aromatic amines is 2. The molecule has 0 bridgehead atoms. The predicted octanol–water partition coefficient (Wildman–Crippen LogP) is 26.0. The van der Waals surface area contributed by atoms with E-state index >= 15 is 0 Å². The minimum Gasteiger partial charge on any atom is -0.446 e. The summed E-state index contributed by atoms with van der Waals surface area (Å²) in [6.45, 7) is 69.0. The molecule has 16 rings (SSSR count). The van der Waals surface area contributed by atoms with Gasteiger partial charge in [-0.2, -0.15) is 37.2 Å². The van der Waals surface area contributed by atoms with Crippen LogP contribution >= 0.6 is 34.4 Å². The minimum absolute atomic E-state index is 0.00792. The Balaban J connectivity index is 0.000000305. The van der Waals surface area contributed by atoms with Crippen molar-refractivity contribution in [1.29, 1.82) is 0 Å². The molecule has 0 spiro atoms. The van der Waals surface area contributed by atoms with Crippen LogP contribution in [0.1, 0.15) is 409 Å². The van der Waals surface area contributed by atoms with Gasteiger partial charge in [0.05, 0.1) is 78.8 Å². The number of carbonyl (C=O) groups excluding carboxylic acids is 1. The maximum atomic E-state index is 12.0. The van der Waals surface area contributed by atoms with Crippen LogP contribution in [0.5, 0.6) is 0 Å². The molecular formula is C101H153F3N22O5S3. The van der Waals surface area contributed by atoms with Gasteiger partial charge in [-0.25, -0.2) is 19.9 Å². The number of nitrogens with zero attached hydrogens (tertiary/aromatic N) is 20. The van der Waals surface area contributed by atoms with Gasteiger partial charge >= 0.3 is 6.18 Å². The van der Waals surface area contributed by atoms with Gasteiger partial charge in [-0.05, 0) is 207 Å². The molecule has 0 aromatic carbocycles. The van der Waals surface area contributed by atoms with Crippen LogP contribution in [0.15, 0.2) is 138 Å². The number of amides is 1. The normalized spacial score (nSPS) is 12.7. The zero-order chi connectivity index (χ0) is 100. The predicted molar refractivity (Wildman–Crippen MR) is 535 cm³/mol. The maximum Gasteiger partial charge on any atom is 0.435 e.